The Morgan fingerprint density at radius 3 is 2.55 bits per heavy atom. The molecule has 1 amide bonds. The zero-order valence-electron chi connectivity index (χ0n) is 15.7. The van der Waals surface area contributed by atoms with E-state index in [1.807, 2.05) is 24.4 Å². The number of ketones is 1. The summed E-state index contributed by atoms with van der Waals surface area (Å²) >= 11 is 8.81. The molecular formula is C21H17ClN2O3S2. The van der Waals surface area contributed by atoms with Gasteiger partial charge in [-0.2, -0.15) is 0 Å². The van der Waals surface area contributed by atoms with Crippen molar-refractivity contribution >= 4 is 46.0 Å². The number of Topliss-reactive ketones (excluding diaryl/α,β-unsaturated/α-hetero) is 1. The number of carbonyl (C=O) groups excluding carboxylic acids is 2. The topological polar surface area (TPSA) is 70.5 Å². The molecule has 1 N–H and O–H groups in total. The summed E-state index contributed by atoms with van der Waals surface area (Å²) in [5.74, 6) is -1.43. The molecule has 0 saturated heterocycles. The second kappa shape index (κ2) is 7.74. The second-order valence-corrected chi connectivity index (χ2v) is 9.38. The molecule has 0 bridgehead atoms. The third-order valence-corrected chi connectivity index (χ3v) is 6.93. The number of amides is 1. The van der Waals surface area contributed by atoms with E-state index in [2.05, 4.69) is 4.98 Å². The van der Waals surface area contributed by atoms with Gasteiger partial charge in [0, 0.05) is 9.90 Å². The SMILES string of the molecule is Cc1nc(C)c(C(=O)C2=C(O)C(=O)N(Cc3cccs3)C2c2ccc(Cl)cc2)s1. The van der Waals surface area contributed by atoms with E-state index in [-0.39, 0.29) is 11.4 Å². The Bertz CT molecular complexity index is 1120. The summed E-state index contributed by atoms with van der Waals surface area (Å²) in [5.41, 5.74) is 1.39. The number of aliphatic hydroxyl groups is 1. The van der Waals surface area contributed by atoms with Gasteiger partial charge in [-0.25, -0.2) is 4.98 Å². The number of aromatic nitrogens is 1. The van der Waals surface area contributed by atoms with E-state index < -0.39 is 17.7 Å². The lowest BCUT2D eigenvalue weighted by Crippen LogP contribution is -2.30. The quantitative estimate of drug-likeness (QED) is 0.545. The predicted molar refractivity (Wildman–Crippen MR) is 115 cm³/mol. The highest BCUT2D eigenvalue weighted by atomic mass is 35.5. The van der Waals surface area contributed by atoms with Gasteiger partial charge < -0.3 is 10.0 Å². The molecule has 1 aliphatic heterocycles. The average molecular weight is 445 g/mol. The van der Waals surface area contributed by atoms with Crippen molar-refractivity contribution in [2.75, 3.05) is 0 Å². The molecule has 0 spiro atoms. The molecule has 0 fully saturated rings. The number of thiazole rings is 1. The van der Waals surface area contributed by atoms with Crippen molar-refractivity contribution in [3.05, 3.63) is 84.2 Å². The monoisotopic (exact) mass is 444 g/mol. The van der Waals surface area contributed by atoms with E-state index in [0.717, 1.165) is 9.88 Å². The van der Waals surface area contributed by atoms with Crippen molar-refractivity contribution in [3.63, 3.8) is 0 Å². The van der Waals surface area contributed by atoms with Crippen LogP contribution < -0.4 is 0 Å². The summed E-state index contributed by atoms with van der Waals surface area (Å²) in [4.78, 5) is 33.6. The average Bonchev–Trinajstić information content (AvgIpc) is 3.38. The first-order chi connectivity index (χ1) is 13.9. The number of aliphatic hydroxyl groups excluding tert-OH is 1. The lowest BCUT2D eigenvalue weighted by Gasteiger charge is -2.26. The predicted octanol–water partition coefficient (Wildman–Crippen LogP) is 5.25. The van der Waals surface area contributed by atoms with Crippen LogP contribution in [0.1, 0.15) is 36.9 Å². The molecule has 3 heterocycles. The van der Waals surface area contributed by atoms with Gasteiger partial charge in [0.15, 0.2) is 5.76 Å². The van der Waals surface area contributed by atoms with Crippen molar-refractivity contribution < 1.29 is 14.7 Å². The first kappa shape index (κ1) is 19.8. The highest BCUT2D eigenvalue weighted by Gasteiger charge is 2.44. The number of nitrogens with zero attached hydrogens (tertiary/aromatic N) is 2. The Morgan fingerprint density at radius 2 is 1.97 bits per heavy atom. The van der Waals surface area contributed by atoms with Gasteiger partial charge in [-0.3, -0.25) is 9.59 Å². The fraction of sp³-hybridized carbons (Fsp3) is 0.190. The van der Waals surface area contributed by atoms with Crippen molar-refractivity contribution in [3.8, 4) is 0 Å². The van der Waals surface area contributed by atoms with Crippen LogP contribution in [0.5, 0.6) is 0 Å². The molecule has 8 heteroatoms. The van der Waals surface area contributed by atoms with Gasteiger partial charge in [0.25, 0.3) is 5.91 Å². The van der Waals surface area contributed by atoms with Gasteiger partial charge in [-0.1, -0.05) is 29.8 Å². The zero-order valence-corrected chi connectivity index (χ0v) is 18.1. The normalized spacial score (nSPS) is 16.7. The van der Waals surface area contributed by atoms with Crippen LogP contribution in [-0.2, 0) is 11.3 Å². The Hall–Kier alpha value is -2.48. The molecule has 0 aliphatic carbocycles. The smallest absolute Gasteiger partial charge is 0.290 e. The highest BCUT2D eigenvalue weighted by Crippen LogP contribution is 2.41. The number of carbonyl (C=O) groups is 2. The van der Waals surface area contributed by atoms with Crippen molar-refractivity contribution in [1.29, 1.82) is 0 Å². The fourth-order valence-corrected chi connectivity index (χ4v) is 5.18. The molecule has 3 aromatic rings. The third kappa shape index (κ3) is 3.61. The van der Waals surface area contributed by atoms with E-state index in [0.29, 0.717) is 27.7 Å². The Kier molecular flexibility index (Phi) is 5.29. The van der Waals surface area contributed by atoms with Crippen LogP contribution in [0.4, 0.5) is 0 Å². The number of halogens is 1. The summed E-state index contributed by atoms with van der Waals surface area (Å²) in [6.45, 7) is 3.87. The molecule has 5 nitrogen and oxygen atoms in total. The fourth-order valence-electron chi connectivity index (χ4n) is 3.48. The molecule has 0 saturated carbocycles. The Balaban J connectivity index is 1.82. The van der Waals surface area contributed by atoms with E-state index >= 15 is 0 Å². The Labute approximate surface area is 180 Å². The minimum absolute atomic E-state index is 0.0839. The number of hydrogen-bond donors (Lipinski definition) is 1. The van der Waals surface area contributed by atoms with E-state index in [1.54, 1.807) is 31.2 Å². The van der Waals surface area contributed by atoms with Crippen LogP contribution in [0.2, 0.25) is 5.02 Å². The maximum absolute atomic E-state index is 13.4. The van der Waals surface area contributed by atoms with Crippen LogP contribution in [0.25, 0.3) is 0 Å². The summed E-state index contributed by atoms with van der Waals surface area (Å²) in [6, 6.07) is 10.1. The number of thiophene rings is 1. The lowest BCUT2D eigenvalue weighted by atomic mass is 9.95. The van der Waals surface area contributed by atoms with Crippen LogP contribution in [-0.4, -0.2) is 26.7 Å². The van der Waals surface area contributed by atoms with Crippen molar-refractivity contribution in [2.24, 2.45) is 0 Å². The van der Waals surface area contributed by atoms with E-state index in [1.165, 1.54) is 27.6 Å². The first-order valence-electron chi connectivity index (χ1n) is 8.87. The van der Waals surface area contributed by atoms with Crippen LogP contribution in [0.15, 0.2) is 53.1 Å². The zero-order chi connectivity index (χ0) is 20.7. The molecular weight excluding hydrogens is 428 g/mol. The highest BCUT2D eigenvalue weighted by molar-refractivity contribution is 7.14. The van der Waals surface area contributed by atoms with E-state index in [9.17, 15) is 14.7 Å². The minimum Gasteiger partial charge on any atom is -0.503 e. The van der Waals surface area contributed by atoms with Crippen molar-refractivity contribution in [2.45, 2.75) is 26.4 Å². The summed E-state index contributed by atoms with van der Waals surface area (Å²) < 4.78 is 0. The number of aryl methyl sites for hydroxylation is 2. The molecule has 4 rings (SSSR count). The van der Waals surface area contributed by atoms with E-state index in [4.69, 9.17) is 11.6 Å². The molecule has 148 valence electrons. The van der Waals surface area contributed by atoms with Gasteiger partial charge >= 0.3 is 0 Å². The second-order valence-electron chi connectivity index (χ2n) is 6.71. The Morgan fingerprint density at radius 1 is 1.24 bits per heavy atom. The molecule has 2 aromatic heterocycles. The van der Waals surface area contributed by atoms with Gasteiger partial charge in [0.1, 0.15) is 0 Å². The summed E-state index contributed by atoms with van der Waals surface area (Å²) in [7, 11) is 0. The summed E-state index contributed by atoms with van der Waals surface area (Å²) in [5, 5.41) is 13.9. The van der Waals surface area contributed by atoms with Gasteiger partial charge in [-0.15, -0.1) is 22.7 Å². The number of benzene rings is 1. The van der Waals surface area contributed by atoms with Gasteiger partial charge in [0.05, 0.1) is 33.7 Å². The third-order valence-electron chi connectivity index (χ3n) is 4.75. The standard InChI is InChI=1S/C21H17ClN2O3S2/c1-11-20(29-12(2)23-11)18(25)16-17(13-5-7-14(22)8-6-13)24(21(27)19(16)26)10-15-4-3-9-28-15/h3-9,17,26H,10H2,1-2H3. The molecule has 29 heavy (non-hydrogen) atoms. The summed E-state index contributed by atoms with van der Waals surface area (Å²) in [6.07, 6.45) is 0. The maximum Gasteiger partial charge on any atom is 0.290 e. The number of rotatable bonds is 5. The molecule has 1 aliphatic rings. The van der Waals surface area contributed by atoms with Crippen molar-refractivity contribution in [1.82, 2.24) is 9.88 Å². The van der Waals surface area contributed by atoms with Crippen LogP contribution in [0, 0.1) is 13.8 Å². The number of hydrogen-bond acceptors (Lipinski definition) is 6. The molecule has 1 atom stereocenters. The first-order valence-corrected chi connectivity index (χ1v) is 10.9. The minimum atomic E-state index is -0.698. The van der Waals surface area contributed by atoms with Crippen LogP contribution in [0.3, 0.4) is 0 Å². The largest absolute Gasteiger partial charge is 0.503 e. The van der Waals surface area contributed by atoms with Gasteiger partial charge in [-0.05, 0) is 43.0 Å². The maximum atomic E-state index is 13.4. The molecule has 0 radical (unpaired) electrons. The molecule has 1 unspecified atom stereocenters. The lowest BCUT2D eigenvalue weighted by molar-refractivity contribution is -0.130. The van der Waals surface area contributed by atoms with Crippen LogP contribution >= 0.6 is 34.3 Å². The van der Waals surface area contributed by atoms with Gasteiger partial charge in [0.2, 0.25) is 5.78 Å². The molecule has 1 aromatic carbocycles.